The minimum Gasteiger partial charge on any atom is -0.493 e. The average molecular weight is 256 g/mol. The van der Waals surface area contributed by atoms with Gasteiger partial charge in [0.1, 0.15) is 6.61 Å². The number of rotatable bonds is 6. The molecule has 0 amide bonds. The smallest absolute Gasteiger partial charge is 0.161 e. The molecule has 19 heavy (non-hydrogen) atoms. The van der Waals surface area contributed by atoms with Crippen molar-refractivity contribution >= 4 is 0 Å². The summed E-state index contributed by atoms with van der Waals surface area (Å²) in [7, 11) is 1.63. The van der Waals surface area contributed by atoms with E-state index in [1.807, 2.05) is 48.5 Å². The molecule has 0 bridgehead atoms. The van der Waals surface area contributed by atoms with Gasteiger partial charge in [0.15, 0.2) is 11.5 Å². The van der Waals surface area contributed by atoms with Crippen molar-refractivity contribution in [3.8, 4) is 11.5 Å². The first-order valence-electron chi connectivity index (χ1n) is 6.31. The van der Waals surface area contributed by atoms with Crippen molar-refractivity contribution in [2.24, 2.45) is 0 Å². The second-order valence-corrected chi connectivity index (χ2v) is 4.26. The van der Waals surface area contributed by atoms with Crippen LogP contribution in [-0.2, 0) is 13.0 Å². The van der Waals surface area contributed by atoms with Crippen molar-refractivity contribution in [1.82, 2.24) is 5.73 Å². The molecule has 1 N–H and O–H groups in total. The van der Waals surface area contributed by atoms with Crippen LogP contribution in [0.2, 0.25) is 0 Å². The van der Waals surface area contributed by atoms with Crippen LogP contribution in [0.3, 0.4) is 0 Å². The van der Waals surface area contributed by atoms with Gasteiger partial charge in [0.2, 0.25) is 0 Å². The fourth-order valence-electron chi connectivity index (χ4n) is 1.87. The van der Waals surface area contributed by atoms with Crippen LogP contribution >= 0.6 is 0 Å². The van der Waals surface area contributed by atoms with Gasteiger partial charge in [-0.1, -0.05) is 36.4 Å². The zero-order valence-corrected chi connectivity index (χ0v) is 11.1. The van der Waals surface area contributed by atoms with E-state index in [4.69, 9.17) is 15.2 Å². The molecule has 2 rings (SSSR count). The second-order valence-electron chi connectivity index (χ2n) is 4.26. The first kappa shape index (κ1) is 13.4. The van der Waals surface area contributed by atoms with Crippen molar-refractivity contribution in [1.29, 1.82) is 0 Å². The van der Waals surface area contributed by atoms with E-state index in [1.165, 1.54) is 0 Å². The van der Waals surface area contributed by atoms with Crippen LogP contribution in [0.4, 0.5) is 0 Å². The predicted octanol–water partition coefficient (Wildman–Crippen LogP) is 3.10. The topological polar surface area (TPSA) is 42.3 Å². The van der Waals surface area contributed by atoms with E-state index in [2.05, 4.69) is 0 Å². The highest BCUT2D eigenvalue weighted by atomic mass is 16.5. The average Bonchev–Trinajstić information content (AvgIpc) is 2.47. The molecule has 0 aliphatic heterocycles. The maximum absolute atomic E-state index is 7.27. The maximum Gasteiger partial charge on any atom is 0.161 e. The number of hydrogen-bond acceptors (Lipinski definition) is 2. The van der Waals surface area contributed by atoms with Crippen LogP contribution in [0.5, 0.6) is 11.5 Å². The predicted molar refractivity (Wildman–Crippen MR) is 75.4 cm³/mol. The number of benzene rings is 2. The van der Waals surface area contributed by atoms with Crippen LogP contribution in [0.15, 0.2) is 48.5 Å². The molecule has 99 valence electrons. The van der Waals surface area contributed by atoms with Gasteiger partial charge in [-0.2, -0.15) is 0 Å². The molecule has 0 saturated carbocycles. The molecule has 2 aromatic rings. The van der Waals surface area contributed by atoms with Crippen molar-refractivity contribution in [3.63, 3.8) is 0 Å². The summed E-state index contributed by atoms with van der Waals surface area (Å²) in [6, 6.07) is 15.8. The van der Waals surface area contributed by atoms with Crippen LogP contribution in [0, 0.1) is 0 Å². The van der Waals surface area contributed by atoms with E-state index in [-0.39, 0.29) is 0 Å². The van der Waals surface area contributed by atoms with Gasteiger partial charge < -0.3 is 9.47 Å². The summed E-state index contributed by atoms with van der Waals surface area (Å²) >= 11 is 0. The Morgan fingerprint density at radius 1 is 0.947 bits per heavy atom. The molecule has 0 spiro atoms. The highest BCUT2D eigenvalue weighted by Gasteiger charge is 2.06. The fraction of sp³-hybridized carbons (Fsp3) is 0.250. The van der Waals surface area contributed by atoms with Crippen molar-refractivity contribution in [2.45, 2.75) is 13.0 Å². The Labute approximate surface area is 114 Å². The maximum atomic E-state index is 7.27. The lowest BCUT2D eigenvalue weighted by molar-refractivity contribution is 0.284. The first-order chi connectivity index (χ1) is 9.33. The normalized spacial score (nSPS) is 10.2. The molecule has 2 aromatic carbocycles. The van der Waals surface area contributed by atoms with Gasteiger partial charge in [0, 0.05) is 6.54 Å². The summed E-state index contributed by atoms with van der Waals surface area (Å²) in [6.07, 6.45) is 0.728. The summed E-state index contributed by atoms with van der Waals surface area (Å²) in [6.45, 7) is 0.895. The number of nitrogens with one attached hydrogen (secondary N) is 1. The van der Waals surface area contributed by atoms with E-state index in [9.17, 15) is 0 Å². The number of hydrogen-bond donors (Lipinski definition) is 0. The second kappa shape index (κ2) is 6.81. The van der Waals surface area contributed by atoms with Crippen LogP contribution < -0.4 is 15.2 Å². The van der Waals surface area contributed by atoms with E-state index in [0.29, 0.717) is 13.2 Å². The molecule has 0 aromatic heterocycles. The van der Waals surface area contributed by atoms with Gasteiger partial charge in [0.25, 0.3) is 0 Å². The van der Waals surface area contributed by atoms with Gasteiger partial charge in [-0.25, -0.2) is 0 Å². The number of ether oxygens (including phenoxy) is 2. The summed E-state index contributed by atoms with van der Waals surface area (Å²) in [5, 5.41) is 0. The molecule has 0 aliphatic carbocycles. The highest BCUT2D eigenvalue weighted by molar-refractivity contribution is 5.43. The third-order valence-corrected chi connectivity index (χ3v) is 2.88. The van der Waals surface area contributed by atoms with E-state index >= 15 is 0 Å². The molecular weight excluding hydrogens is 238 g/mol. The first-order valence-corrected chi connectivity index (χ1v) is 6.31. The van der Waals surface area contributed by atoms with E-state index in [0.717, 1.165) is 29.0 Å². The van der Waals surface area contributed by atoms with Gasteiger partial charge in [-0.05, 0) is 29.7 Å². The Kier molecular flexibility index (Phi) is 4.81. The minimum atomic E-state index is 0.379. The SMILES string of the molecule is COc1ccc(CC[NH])cc1OCc1ccccc1. The Balaban J connectivity index is 2.11. The number of methoxy groups -OCH3 is 1. The molecule has 0 atom stereocenters. The standard InChI is InChI=1S/C16H18NO2/c1-18-15-8-7-13(9-10-17)11-16(15)19-12-14-5-3-2-4-6-14/h2-8,11,17H,9-10,12H2,1H3. The lowest BCUT2D eigenvalue weighted by Crippen LogP contribution is -1.99. The molecule has 0 fully saturated rings. The van der Waals surface area contributed by atoms with Crippen molar-refractivity contribution in [3.05, 3.63) is 59.7 Å². The molecular formula is C16H18NO2. The molecule has 0 saturated heterocycles. The van der Waals surface area contributed by atoms with Crippen molar-refractivity contribution < 1.29 is 9.47 Å². The van der Waals surface area contributed by atoms with Crippen LogP contribution in [-0.4, -0.2) is 13.7 Å². The van der Waals surface area contributed by atoms with Gasteiger partial charge in [0.05, 0.1) is 7.11 Å². The zero-order valence-electron chi connectivity index (χ0n) is 11.1. The molecule has 3 heteroatoms. The Morgan fingerprint density at radius 3 is 2.42 bits per heavy atom. The molecule has 0 aliphatic rings. The lowest BCUT2D eigenvalue weighted by atomic mass is 10.1. The van der Waals surface area contributed by atoms with Crippen LogP contribution in [0.1, 0.15) is 11.1 Å². The van der Waals surface area contributed by atoms with Gasteiger partial charge >= 0.3 is 0 Å². The molecule has 0 unspecified atom stereocenters. The third-order valence-electron chi connectivity index (χ3n) is 2.88. The lowest BCUT2D eigenvalue weighted by Gasteiger charge is -2.12. The highest BCUT2D eigenvalue weighted by Crippen LogP contribution is 2.29. The Hall–Kier alpha value is -2.00. The van der Waals surface area contributed by atoms with Gasteiger partial charge in [-0.3, -0.25) is 5.73 Å². The molecule has 3 nitrogen and oxygen atoms in total. The molecule has 1 radical (unpaired) electrons. The van der Waals surface area contributed by atoms with Crippen molar-refractivity contribution in [2.75, 3.05) is 13.7 Å². The monoisotopic (exact) mass is 256 g/mol. The van der Waals surface area contributed by atoms with Crippen LogP contribution in [0.25, 0.3) is 0 Å². The summed E-state index contributed by atoms with van der Waals surface area (Å²) in [5.41, 5.74) is 9.49. The minimum absolute atomic E-state index is 0.379. The largest absolute Gasteiger partial charge is 0.493 e. The van der Waals surface area contributed by atoms with Gasteiger partial charge in [-0.15, -0.1) is 0 Å². The zero-order chi connectivity index (χ0) is 13.5. The summed E-state index contributed by atoms with van der Waals surface area (Å²) in [5.74, 6) is 1.46. The fourth-order valence-corrected chi connectivity index (χ4v) is 1.87. The Bertz CT molecular complexity index is 511. The Morgan fingerprint density at radius 2 is 1.74 bits per heavy atom. The third kappa shape index (κ3) is 3.73. The summed E-state index contributed by atoms with van der Waals surface area (Å²) < 4.78 is 11.1. The summed E-state index contributed by atoms with van der Waals surface area (Å²) in [4.78, 5) is 0. The molecule has 0 heterocycles. The quantitative estimate of drug-likeness (QED) is 0.797. The van der Waals surface area contributed by atoms with E-state index in [1.54, 1.807) is 7.11 Å². The van der Waals surface area contributed by atoms with E-state index < -0.39 is 0 Å².